The Bertz CT molecular complexity index is 1650. The second-order valence-corrected chi connectivity index (χ2v) is 17.0. The summed E-state index contributed by atoms with van der Waals surface area (Å²) >= 11 is 6.65. The number of nitrogens with zero attached hydrogens (tertiary/aromatic N) is 3. The monoisotopic (exact) mass is 572 g/mol. The van der Waals surface area contributed by atoms with Crippen molar-refractivity contribution < 1.29 is 4.74 Å². The number of hydrogen-bond acceptors (Lipinski definition) is 5. The number of halogens is 1. The Morgan fingerprint density at radius 3 is 2.30 bits per heavy atom. The Balaban J connectivity index is 2.02. The van der Waals surface area contributed by atoms with Crippen LogP contribution in [0.4, 0.5) is 11.6 Å². The van der Waals surface area contributed by atoms with E-state index < -0.39 is 8.07 Å². The molecule has 208 valence electrons. The van der Waals surface area contributed by atoms with E-state index in [1.165, 1.54) is 0 Å². The number of rotatable bonds is 7. The quantitative estimate of drug-likeness (QED) is 0.180. The van der Waals surface area contributed by atoms with E-state index in [0.29, 0.717) is 61.1 Å². The summed E-state index contributed by atoms with van der Waals surface area (Å²) in [4.78, 5) is 23.4. The minimum atomic E-state index is -2.11. The van der Waals surface area contributed by atoms with Crippen molar-refractivity contribution in [2.75, 3.05) is 12.4 Å². The molecule has 0 unspecified atom stereocenters. The number of benzene rings is 2. The van der Waals surface area contributed by atoms with Crippen LogP contribution in [0.2, 0.25) is 21.6 Å². The number of anilines is 2. The van der Waals surface area contributed by atoms with Gasteiger partial charge in [0.2, 0.25) is 5.95 Å². The smallest absolute Gasteiger partial charge is 0.261 e. The summed E-state index contributed by atoms with van der Waals surface area (Å²) in [7, 11) is 1.24. The third-order valence-electron chi connectivity index (χ3n) is 7.86. The normalized spacial score (nSPS) is 11.7. The van der Waals surface area contributed by atoms with Crippen molar-refractivity contribution in [1.82, 2.24) is 14.5 Å². The summed E-state index contributed by atoms with van der Waals surface area (Å²) in [5.41, 5.74) is 7.94. The van der Waals surface area contributed by atoms with Crippen LogP contribution in [-0.4, -0.2) is 29.7 Å². The molecule has 0 radical (unpaired) electrons. The predicted molar refractivity (Wildman–Crippen MR) is 169 cm³/mol. The zero-order chi connectivity index (χ0) is 29.2. The van der Waals surface area contributed by atoms with Crippen LogP contribution in [0.5, 0.6) is 5.75 Å². The highest BCUT2D eigenvalue weighted by Crippen LogP contribution is 2.41. The van der Waals surface area contributed by atoms with Crippen molar-refractivity contribution >= 4 is 42.3 Å². The van der Waals surface area contributed by atoms with E-state index >= 15 is 0 Å². The highest BCUT2D eigenvalue weighted by Gasteiger charge is 2.41. The number of pyridine rings is 1. The molecule has 0 aliphatic rings. The summed E-state index contributed by atoms with van der Waals surface area (Å²) in [5, 5.41) is 4.43. The predicted octanol–water partition coefficient (Wildman–Crippen LogP) is 7.97. The zero-order valence-corrected chi connectivity index (χ0v) is 26.2. The van der Waals surface area contributed by atoms with E-state index in [2.05, 4.69) is 63.3 Å². The second-order valence-electron chi connectivity index (χ2n) is 11.0. The van der Waals surface area contributed by atoms with Crippen molar-refractivity contribution in [3.63, 3.8) is 0 Å². The first-order valence-corrected chi connectivity index (χ1v) is 16.2. The standard InChI is InChI=1S/C32H37ClN4O2Si/c1-20(2)40(21(3)4,22(5)6)17-16-25-27-19-34-32(35-23-12-11-13-24(18-23)39-8)36-30(27)37(7)31(38)29(25)26-14-9-10-15-28(26)33/h9-15,18-22H,1-8H3,(H,34,35,36). The van der Waals surface area contributed by atoms with Gasteiger partial charge in [-0.25, -0.2) is 4.98 Å². The first kappa shape index (κ1) is 29.4. The molecule has 0 atom stereocenters. The van der Waals surface area contributed by atoms with Crippen LogP contribution < -0.4 is 15.6 Å². The van der Waals surface area contributed by atoms with Crippen molar-refractivity contribution in [2.24, 2.45) is 7.05 Å². The lowest BCUT2D eigenvalue weighted by Crippen LogP contribution is -2.43. The van der Waals surface area contributed by atoms with Gasteiger partial charge in [0.15, 0.2) is 0 Å². The van der Waals surface area contributed by atoms with E-state index in [0.717, 1.165) is 5.69 Å². The fourth-order valence-corrected chi connectivity index (χ4v) is 11.3. The third-order valence-corrected chi connectivity index (χ3v) is 14.5. The lowest BCUT2D eigenvalue weighted by atomic mass is 9.99. The van der Waals surface area contributed by atoms with Gasteiger partial charge in [0.1, 0.15) is 19.5 Å². The molecule has 2 aromatic heterocycles. The number of ether oxygens (including phenoxy) is 1. The maximum Gasteiger partial charge on any atom is 0.261 e. The van der Waals surface area contributed by atoms with Gasteiger partial charge in [0, 0.05) is 41.1 Å². The Labute approximate surface area is 242 Å². The SMILES string of the molecule is COc1cccc(Nc2ncc3c(C#C[Si](C(C)C)(C(C)C)C(C)C)c(-c4ccccc4Cl)c(=O)n(C)c3n2)c1. The highest BCUT2D eigenvalue weighted by atomic mass is 35.5. The summed E-state index contributed by atoms with van der Waals surface area (Å²) in [5.74, 6) is 4.63. The Morgan fingerprint density at radius 2 is 1.68 bits per heavy atom. The number of fused-ring (bicyclic) bond motifs is 1. The fraction of sp³-hybridized carbons (Fsp3) is 0.344. The van der Waals surface area contributed by atoms with E-state index in [1.54, 1.807) is 31.0 Å². The van der Waals surface area contributed by atoms with Gasteiger partial charge in [0.05, 0.1) is 18.1 Å². The van der Waals surface area contributed by atoms with Gasteiger partial charge in [-0.3, -0.25) is 9.36 Å². The molecule has 0 saturated carbocycles. The summed E-state index contributed by atoms with van der Waals surface area (Å²) in [6.45, 7) is 13.7. The van der Waals surface area contributed by atoms with Crippen LogP contribution in [0.25, 0.3) is 22.2 Å². The Kier molecular flexibility index (Phi) is 8.72. The Hall–Kier alpha value is -3.60. The van der Waals surface area contributed by atoms with E-state index in [1.807, 2.05) is 42.5 Å². The van der Waals surface area contributed by atoms with Crippen LogP contribution in [0.1, 0.15) is 47.1 Å². The van der Waals surface area contributed by atoms with Crippen LogP contribution in [0.15, 0.2) is 59.5 Å². The second kappa shape index (κ2) is 11.9. The fourth-order valence-electron chi connectivity index (χ4n) is 5.85. The van der Waals surface area contributed by atoms with Gasteiger partial charge < -0.3 is 10.1 Å². The molecule has 0 amide bonds. The minimum absolute atomic E-state index is 0.207. The van der Waals surface area contributed by atoms with Crippen LogP contribution in [0, 0.1) is 11.5 Å². The number of nitrogens with one attached hydrogen (secondary N) is 1. The van der Waals surface area contributed by atoms with Crippen LogP contribution in [-0.2, 0) is 7.05 Å². The van der Waals surface area contributed by atoms with Crippen molar-refractivity contribution in [1.29, 1.82) is 0 Å². The molecule has 0 fully saturated rings. The molecule has 2 heterocycles. The molecule has 0 aliphatic carbocycles. The van der Waals surface area contributed by atoms with Gasteiger partial charge in [-0.15, -0.1) is 5.54 Å². The lowest BCUT2D eigenvalue weighted by molar-refractivity contribution is 0.415. The van der Waals surface area contributed by atoms with E-state index in [-0.39, 0.29) is 5.56 Å². The lowest BCUT2D eigenvalue weighted by Gasteiger charge is -2.38. The maximum absolute atomic E-state index is 14.0. The van der Waals surface area contributed by atoms with Crippen molar-refractivity contribution in [2.45, 2.75) is 58.2 Å². The molecule has 4 rings (SSSR count). The average molecular weight is 573 g/mol. The molecular formula is C32H37ClN4O2Si. The molecule has 0 saturated heterocycles. The number of aryl methyl sites for hydroxylation is 1. The molecule has 0 aliphatic heterocycles. The van der Waals surface area contributed by atoms with Gasteiger partial charge in [-0.2, -0.15) is 4.98 Å². The molecule has 0 bridgehead atoms. The van der Waals surface area contributed by atoms with Crippen LogP contribution >= 0.6 is 11.6 Å². The average Bonchev–Trinajstić information content (AvgIpc) is 2.92. The van der Waals surface area contributed by atoms with Crippen LogP contribution in [0.3, 0.4) is 0 Å². The van der Waals surface area contributed by atoms with Gasteiger partial charge >= 0.3 is 0 Å². The van der Waals surface area contributed by atoms with E-state index in [9.17, 15) is 4.79 Å². The van der Waals surface area contributed by atoms with Crippen molar-refractivity contribution in [3.05, 3.63) is 75.7 Å². The molecule has 40 heavy (non-hydrogen) atoms. The largest absolute Gasteiger partial charge is 0.497 e. The summed E-state index contributed by atoms with van der Waals surface area (Å²) in [6.07, 6.45) is 1.75. The maximum atomic E-state index is 14.0. The first-order chi connectivity index (χ1) is 19.0. The van der Waals surface area contributed by atoms with Crippen molar-refractivity contribution in [3.8, 4) is 28.3 Å². The van der Waals surface area contributed by atoms with E-state index in [4.69, 9.17) is 21.3 Å². The summed E-state index contributed by atoms with van der Waals surface area (Å²) in [6, 6.07) is 14.9. The molecule has 0 spiro atoms. The van der Waals surface area contributed by atoms with Gasteiger partial charge in [0.25, 0.3) is 5.56 Å². The molecular weight excluding hydrogens is 536 g/mol. The molecule has 6 nitrogen and oxygen atoms in total. The van der Waals surface area contributed by atoms with Gasteiger partial charge in [-0.05, 0) is 34.8 Å². The molecule has 2 aromatic carbocycles. The topological polar surface area (TPSA) is 69.0 Å². The number of hydrogen-bond donors (Lipinski definition) is 1. The van der Waals surface area contributed by atoms with Gasteiger partial charge in [-0.1, -0.05) is 83.3 Å². The highest BCUT2D eigenvalue weighted by molar-refractivity contribution is 6.90. The molecule has 1 N–H and O–H groups in total. The Morgan fingerprint density at radius 1 is 1.00 bits per heavy atom. The minimum Gasteiger partial charge on any atom is -0.497 e. The molecule has 8 heteroatoms. The molecule has 4 aromatic rings. The summed E-state index contributed by atoms with van der Waals surface area (Å²) < 4.78 is 6.88. The third kappa shape index (κ3) is 5.39. The number of methoxy groups -OCH3 is 1. The number of aromatic nitrogens is 3. The first-order valence-electron chi connectivity index (χ1n) is 13.6. The zero-order valence-electron chi connectivity index (χ0n) is 24.5.